The van der Waals surface area contributed by atoms with Gasteiger partial charge in [0.15, 0.2) is 0 Å². The van der Waals surface area contributed by atoms with Crippen LogP contribution in [0.25, 0.3) is 0 Å². The lowest BCUT2D eigenvalue weighted by Gasteiger charge is -2.29. The van der Waals surface area contributed by atoms with Crippen molar-refractivity contribution in [2.45, 2.75) is 32.4 Å². The van der Waals surface area contributed by atoms with Crippen molar-refractivity contribution < 1.29 is 17.9 Å². The van der Waals surface area contributed by atoms with Gasteiger partial charge >= 0.3 is 0 Å². The molecule has 0 aliphatic heterocycles. The van der Waals surface area contributed by atoms with Crippen LogP contribution in [0.5, 0.6) is 0 Å². The molecular weight excluding hydrogens is 256 g/mol. The van der Waals surface area contributed by atoms with E-state index in [1.807, 2.05) is 13.8 Å². The average molecular weight is 280 g/mol. The summed E-state index contributed by atoms with van der Waals surface area (Å²) in [6, 6.07) is -0.768. The first-order valence-electron chi connectivity index (χ1n) is 5.91. The molecule has 0 spiro atoms. The third-order valence-electron chi connectivity index (χ3n) is 2.56. The van der Waals surface area contributed by atoms with E-state index in [1.165, 1.54) is 0 Å². The smallest absolute Gasteiger partial charge is 0.239 e. The third kappa shape index (κ3) is 6.93. The van der Waals surface area contributed by atoms with Crippen LogP contribution < -0.4 is 5.73 Å². The lowest BCUT2D eigenvalue weighted by molar-refractivity contribution is -0.135. The molecule has 0 saturated heterocycles. The summed E-state index contributed by atoms with van der Waals surface area (Å²) in [5, 5.41) is 0. The fourth-order valence-corrected chi connectivity index (χ4v) is 2.17. The summed E-state index contributed by atoms with van der Waals surface area (Å²) in [6.45, 7) is 4.66. The van der Waals surface area contributed by atoms with E-state index in [4.69, 9.17) is 10.5 Å². The Bertz CT molecular complexity index is 354. The molecule has 0 saturated carbocycles. The number of ether oxygens (including phenoxy) is 1. The maximum absolute atomic E-state index is 12.1. The normalized spacial score (nSPS) is 13.7. The molecule has 7 heteroatoms. The molecule has 108 valence electrons. The first kappa shape index (κ1) is 17.3. The molecule has 0 aliphatic rings. The summed E-state index contributed by atoms with van der Waals surface area (Å²) in [7, 11) is -1.53. The van der Waals surface area contributed by atoms with E-state index in [2.05, 4.69) is 0 Å². The fourth-order valence-electron chi connectivity index (χ4n) is 1.49. The van der Waals surface area contributed by atoms with E-state index in [9.17, 15) is 13.2 Å². The van der Waals surface area contributed by atoms with Gasteiger partial charge in [-0.05, 0) is 20.3 Å². The highest BCUT2D eigenvalue weighted by Crippen LogP contribution is 2.04. The van der Waals surface area contributed by atoms with Crippen molar-refractivity contribution in [3.63, 3.8) is 0 Å². The van der Waals surface area contributed by atoms with Crippen LogP contribution in [0.2, 0.25) is 0 Å². The minimum atomic E-state index is -3.09. The molecule has 1 unspecified atom stereocenters. The predicted molar refractivity (Wildman–Crippen MR) is 71.0 cm³/mol. The maximum Gasteiger partial charge on any atom is 0.239 e. The molecule has 0 fully saturated rings. The van der Waals surface area contributed by atoms with Crippen molar-refractivity contribution >= 4 is 15.7 Å². The molecule has 0 aromatic heterocycles. The van der Waals surface area contributed by atoms with Crippen LogP contribution in [0.15, 0.2) is 0 Å². The molecule has 0 aromatic carbocycles. The Morgan fingerprint density at radius 1 is 1.39 bits per heavy atom. The zero-order valence-corrected chi connectivity index (χ0v) is 12.4. The Balaban J connectivity index is 4.47. The van der Waals surface area contributed by atoms with Crippen LogP contribution >= 0.6 is 0 Å². The molecule has 18 heavy (non-hydrogen) atoms. The second-order valence-corrected chi connectivity index (χ2v) is 6.90. The molecule has 0 rings (SSSR count). The van der Waals surface area contributed by atoms with Gasteiger partial charge in [-0.15, -0.1) is 0 Å². The number of methoxy groups -OCH3 is 1. The quantitative estimate of drug-likeness (QED) is 0.655. The number of rotatable bonds is 8. The maximum atomic E-state index is 12.1. The fraction of sp³-hybridized carbons (Fsp3) is 0.909. The van der Waals surface area contributed by atoms with E-state index in [0.717, 1.165) is 6.26 Å². The first-order chi connectivity index (χ1) is 8.19. The topological polar surface area (TPSA) is 89.7 Å². The van der Waals surface area contributed by atoms with Crippen molar-refractivity contribution in [1.29, 1.82) is 0 Å². The van der Waals surface area contributed by atoms with Crippen molar-refractivity contribution in [2.24, 2.45) is 5.73 Å². The second-order valence-electron chi connectivity index (χ2n) is 4.64. The molecule has 0 heterocycles. The lowest BCUT2D eigenvalue weighted by Crippen LogP contribution is -2.48. The van der Waals surface area contributed by atoms with Gasteiger partial charge in [-0.2, -0.15) is 0 Å². The molecule has 6 nitrogen and oxygen atoms in total. The van der Waals surface area contributed by atoms with E-state index in [-0.39, 0.29) is 24.1 Å². The van der Waals surface area contributed by atoms with Crippen molar-refractivity contribution in [3.8, 4) is 0 Å². The Labute approximate surface area is 109 Å². The number of nitrogens with two attached hydrogens (primary N) is 1. The van der Waals surface area contributed by atoms with Crippen LogP contribution in [0.1, 0.15) is 20.3 Å². The summed E-state index contributed by atoms with van der Waals surface area (Å²) < 4.78 is 27.0. The Morgan fingerprint density at radius 2 is 1.94 bits per heavy atom. The summed E-state index contributed by atoms with van der Waals surface area (Å²) in [5.74, 6) is -0.304. The zero-order valence-electron chi connectivity index (χ0n) is 11.5. The van der Waals surface area contributed by atoms with Crippen LogP contribution in [0, 0.1) is 0 Å². The largest absolute Gasteiger partial charge is 0.383 e. The van der Waals surface area contributed by atoms with Crippen molar-refractivity contribution in [3.05, 3.63) is 0 Å². The van der Waals surface area contributed by atoms with E-state index >= 15 is 0 Å². The van der Waals surface area contributed by atoms with E-state index in [1.54, 1.807) is 12.0 Å². The van der Waals surface area contributed by atoms with Gasteiger partial charge in [0.2, 0.25) is 5.91 Å². The van der Waals surface area contributed by atoms with Gasteiger partial charge in [0.1, 0.15) is 9.84 Å². The monoisotopic (exact) mass is 280 g/mol. The molecule has 2 N–H and O–H groups in total. The highest BCUT2D eigenvalue weighted by atomic mass is 32.2. The zero-order chi connectivity index (χ0) is 14.3. The number of amides is 1. The van der Waals surface area contributed by atoms with Gasteiger partial charge in [-0.1, -0.05) is 0 Å². The standard InChI is InChI=1S/C11H24N2O4S/c1-9(2)13(6-7-17-3)11(14)10(12)5-8-18(4,15)16/h9-10H,5-8,12H2,1-4H3. The van der Waals surface area contributed by atoms with E-state index < -0.39 is 15.9 Å². The number of carbonyl (C=O) groups excluding carboxylic acids is 1. The molecule has 0 bridgehead atoms. The molecule has 0 radical (unpaired) electrons. The molecule has 1 amide bonds. The minimum Gasteiger partial charge on any atom is -0.383 e. The lowest BCUT2D eigenvalue weighted by atomic mass is 10.2. The molecule has 0 aromatic rings. The number of carbonyl (C=O) groups is 1. The summed E-state index contributed by atoms with van der Waals surface area (Å²) >= 11 is 0. The summed E-state index contributed by atoms with van der Waals surface area (Å²) in [5.41, 5.74) is 5.74. The highest BCUT2D eigenvalue weighted by molar-refractivity contribution is 7.90. The Morgan fingerprint density at radius 3 is 2.33 bits per heavy atom. The number of sulfone groups is 1. The number of hydrogen-bond donors (Lipinski definition) is 1. The molecule has 1 atom stereocenters. The van der Waals surface area contributed by atoms with Gasteiger partial charge in [-0.3, -0.25) is 4.79 Å². The Hall–Kier alpha value is -0.660. The van der Waals surface area contributed by atoms with Gasteiger partial charge in [-0.25, -0.2) is 8.42 Å². The first-order valence-corrected chi connectivity index (χ1v) is 7.97. The number of nitrogens with zero attached hydrogens (tertiary/aromatic N) is 1. The van der Waals surface area contributed by atoms with Crippen molar-refractivity contribution in [1.82, 2.24) is 4.90 Å². The summed E-state index contributed by atoms with van der Waals surface area (Å²) in [6.07, 6.45) is 1.28. The minimum absolute atomic E-state index is 0.0110. The predicted octanol–water partition coefficient (Wildman–Crippen LogP) is -0.368. The van der Waals surface area contributed by atoms with Gasteiger partial charge in [0.05, 0.1) is 18.4 Å². The van der Waals surface area contributed by atoms with E-state index in [0.29, 0.717) is 13.2 Å². The second kappa shape index (κ2) is 7.70. The highest BCUT2D eigenvalue weighted by Gasteiger charge is 2.23. The summed E-state index contributed by atoms with van der Waals surface area (Å²) in [4.78, 5) is 13.7. The average Bonchev–Trinajstić information content (AvgIpc) is 2.24. The van der Waals surface area contributed by atoms with Crippen LogP contribution in [0.3, 0.4) is 0 Å². The van der Waals surface area contributed by atoms with Crippen LogP contribution in [-0.4, -0.2) is 63.6 Å². The molecule has 0 aliphatic carbocycles. The SMILES string of the molecule is COCCN(C(=O)C(N)CCS(C)(=O)=O)C(C)C. The number of hydrogen-bond acceptors (Lipinski definition) is 5. The van der Waals surface area contributed by atoms with Gasteiger partial charge in [0.25, 0.3) is 0 Å². The van der Waals surface area contributed by atoms with Crippen LogP contribution in [0.4, 0.5) is 0 Å². The third-order valence-corrected chi connectivity index (χ3v) is 3.54. The van der Waals surface area contributed by atoms with Gasteiger partial charge in [0, 0.05) is 26.0 Å². The van der Waals surface area contributed by atoms with Crippen molar-refractivity contribution in [2.75, 3.05) is 32.3 Å². The van der Waals surface area contributed by atoms with Gasteiger partial charge < -0.3 is 15.4 Å². The van der Waals surface area contributed by atoms with Crippen LogP contribution in [-0.2, 0) is 19.4 Å². The molecular formula is C11H24N2O4S. The Kier molecular flexibility index (Phi) is 7.42.